The standard InChI is InChI=1S/C16H24N2O3/c1-13(12-18-10-6-3-7-11-18)21-16(19)17-14-8-4-5-9-15(14)20-2/h4-5,8-9,13H,3,6-7,10-12H2,1-2H3,(H,17,19)/p+1/t13-/m1/s1. The van der Waals surface area contributed by atoms with Gasteiger partial charge < -0.3 is 14.6 Å². The lowest BCUT2D eigenvalue weighted by atomic mass is 10.1. The number of hydrogen-bond acceptors (Lipinski definition) is 3. The molecule has 2 rings (SSSR count). The van der Waals surface area contributed by atoms with Gasteiger partial charge in [-0.05, 0) is 38.9 Å². The fraction of sp³-hybridized carbons (Fsp3) is 0.562. The topological polar surface area (TPSA) is 55.9 Å². The van der Waals surface area contributed by atoms with E-state index in [0.29, 0.717) is 11.4 Å². The summed E-state index contributed by atoms with van der Waals surface area (Å²) in [7, 11) is 1.59. The molecule has 0 amide bonds. The molecule has 0 unspecified atom stereocenters. The van der Waals surface area contributed by atoms with Gasteiger partial charge in [-0.2, -0.15) is 0 Å². The second-order valence-electron chi connectivity index (χ2n) is 5.42. The van der Waals surface area contributed by atoms with Crippen LogP contribution in [0.2, 0.25) is 0 Å². The van der Waals surface area contributed by atoms with Crippen molar-refractivity contribution >= 4 is 11.8 Å². The first-order valence-electron chi connectivity index (χ1n) is 7.54. The Kier molecular flexibility index (Phi) is 5.87. The van der Waals surface area contributed by atoms with Crippen LogP contribution < -0.4 is 9.73 Å². The van der Waals surface area contributed by atoms with Gasteiger partial charge in [0.15, 0.2) is 5.75 Å². The maximum atomic E-state index is 9.93. The SMILES string of the molecule is COc1ccccc1[NH+]=C(O)O[C@H](C)CN1CCCCC1. The molecule has 1 saturated heterocycles. The number of likely N-dealkylation sites (tertiary alicyclic amines) is 1. The van der Waals surface area contributed by atoms with Crippen LogP contribution in [0.4, 0.5) is 5.69 Å². The third-order valence-corrected chi connectivity index (χ3v) is 3.63. The third kappa shape index (κ3) is 4.93. The van der Waals surface area contributed by atoms with Gasteiger partial charge in [-0.25, -0.2) is 0 Å². The zero-order valence-electron chi connectivity index (χ0n) is 12.8. The van der Waals surface area contributed by atoms with Crippen LogP contribution in [-0.4, -0.2) is 48.9 Å². The average Bonchev–Trinajstić information content (AvgIpc) is 2.48. The van der Waals surface area contributed by atoms with E-state index in [1.54, 1.807) is 7.11 Å². The Hall–Kier alpha value is -1.75. The molecule has 5 heteroatoms. The van der Waals surface area contributed by atoms with Crippen molar-refractivity contribution in [1.29, 1.82) is 0 Å². The summed E-state index contributed by atoms with van der Waals surface area (Å²) in [6.07, 6.45) is 3.57. The number of nitrogens with one attached hydrogen (secondary N) is 1. The van der Waals surface area contributed by atoms with Crippen molar-refractivity contribution in [1.82, 2.24) is 4.90 Å². The first kappa shape index (κ1) is 15.6. The first-order valence-corrected chi connectivity index (χ1v) is 7.54. The van der Waals surface area contributed by atoms with Gasteiger partial charge in [-0.3, -0.25) is 4.90 Å². The highest BCUT2D eigenvalue weighted by molar-refractivity contribution is 5.60. The van der Waals surface area contributed by atoms with Crippen LogP contribution in [0.25, 0.3) is 0 Å². The number of hydrogen-bond donors (Lipinski definition) is 2. The lowest BCUT2D eigenvalue weighted by Gasteiger charge is -2.28. The molecule has 1 aromatic carbocycles. The summed E-state index contributed by atoms with van der Waals surface area (Å²) in [6, 6.07) is 7.40. The molecule has 0 saturated carbocycles. The van der Waals surface area contributed by atoms with E-state index < -0.39 is 0 Å². The maximum Gasteiger partial charge on any atom is 0.551 e. The Morgan fingerprint density at radius 3 is 2.71 bits per heavy atom. The van der Waals surface area contributed by atoms with E-state index in [-0.39, 0.29) is 12.2 Å². The molecule has 0 aliphatic carbocycles. The van der Waals surface area contributed by atoms with E-state index in [1.807, 2.05) is 31.2 Å². The molecule has 1 heterocycles. The molecule has 21 heavy (non-hydrogen) atoms. The van der Waals surface area contributed by atoms with Gasteiger partial charge in [0.25, 0.3) is 5.69 Å². The van der Waals surface area contributed by atoms with Crippen molar-refractivity contribution in [2.75, 3.05) is 26.7 Å². The molecule has 1 atom stereocenters. The molecule has 0 radical (unpaired) electrons. The minimum atomic E-state index is -0.191. The molecule has 0 aromatic heterocycles. The molecule has 116 valence electrons. The van der Waals surface area contributed by atoms with Crippen molar-refractivity contribution in [3.8, 4) is 5.75 Å². The van der Waals surface area contributed by atoms with Crippen LogP contribution in [0.15, 0.2) is 24.3 Å². The number of piperidine rings is 1. The second-order valence-corrected chi connectivity index (χ2v) is 5.42. The number of aliphatic hydroxyl groups excluding tert-OH is 1. The molecule has 0 spiro atoms. The molecule has 1 fully saturated rings. The number of methoxy groups -OCH3 is 1. The van der Waals surface area contributed by atoms with Gasteiger partial charge in [0, 0.05) is 12.6 Å². The number of ether oxygens (including phenoxy) is 2. The van der Waals surface area contributed by atoms with Crippen molar-refractivity contribution in [3.05, 3.63) is 24.3 Å². The van der Waals surface area contributed by atoms with Gasteiger partial charge >= 0.3 is 6.08 Å². The Morgan fingerprint density at radius 2 is 2.00 bits per heavy atom. The molecular weight excluding hydrogens is 268 g/mol. The maximum absolute atomic E-state index is 9.93. The fourth-order valence-corrected chi connectivity index (χ4v) is 2.63. The van der Waals surface area contributed by atoms with Crippen LogP contribution in [0.3, 0.4) is 0 Å². The highest BCUT2D eigenvalue weighted by Crippen LogP contribution is 2.17. The molecular formula is C16H25N2O3+. The summed E-state index contributed by atoms with van der Waals surface area (Å²) in [6.45, 7) is 5.04. The summed E-state index contributed by atoms with van der Waals surface area (Å²) in [5.41, 5.74) is 0.683. The number of rotatable bonds is 5. The highest BCUT2D eigenvalue weighted by Gasteiger charge is 2.18. The second kappa shape index (κ2) is 7.88. The Balaban J connectivity index is 1.90. The van der Waals surface area contributed by atoms with E-state index >= 15 is 0 Å². The first-order chi connectivity index (χ1) is 10.2. The summed E-state index contributed by atoms with van der Waals surface area (Å²) >= 11 is 0. The minimum absolute atomic E-state index is 0.0645. The quantitative estimate of drug-likeness (QED) is 0.633. The molecule has 0 bridgehead atoms. The molecule has 1 aromatic rings. The lowest BCUT2D eigenvalue weighted by molar-refractivity contribution is -0.384. The van der Waals surface area contributed by atoms with Crippen molar-refractivity contribution < 1.29 is 19.6 Å². The number of nitrogens with zero attached hydrogens (tertiary/aromatic N) is 1. The van der Waals surface area contributed by atoms with E-state index in [1.165, 1.54) is 19.3 Å². The summed E-state index contributed by atoms with van der Waals surface area (Å²) in [5.74, 6) is 0.663. The molecule has 5 nitrogen and oxygen atoms in total. The predicted octanol–water partition coefficient (Wildman–Crippen LogP) is 1.21. The van der Waals surface area contributed by atoms with Crippen LogP contribution in [-0.2, 0) is 4.74 Å². The average molecular weight is 293 g/mol. The largest absolute Gasteiger partial charge is 0.551 e. The van der Waals surface area contributed by atoms with Gasteiger partial charge in [0.1, 0.15) is 6.10 Å². The van der Waals surface area contributed by atoms with E-state index in [9.17, 15) is 5.11 Å². The molecule has 2 N–H and O–H groups in total. The van der Waals surface area contributed by atoms with Crippen LogP contribution in [0.5, 0.6) is 5.75 Å². The zero-order chi connectivity index (χ0) is 15.1. The van der Waals surface area contributed by atoms with E-state index in [0.717, 1.165) is 19.6 Å². The third-order valence-electron chi connectivity index (χ3n) is 3.63. The fourth-order valence-electron chi connectivity index (χ4n) is 2.63. The summed E-state index contributed by atoms with van der Waals surface area (Å²) in [5, 5.41) is 9.93. The summed E-state index contributed by atoms with van der Waals surface area (Å²) < 4.78 is 10.7. The van der Waals surface area contributed by atoms with Crippen molar-refractivity contribution in [2.45, 2.75) is 32.3 Å². The smallest absolute Gasteiger partial charge is 0.490 e. The van der Waals surface area contributed by atoms with Crippen LogP contribution >= 0.6 is 0 Å². The molecule has 1 aliphatic rings. The van der Waals surface area contributed by atoms with Gasteiger partial charge in [-0.15, -0.1) is 4.99 Å². The van der Waals surface area contributed by atoms with Gasteiger partial charge in [0.2, 0.25) is 0 Å². The summed E-state index contributed by atoms with van der Waals surface area (Å²) in [4.78, 5) is 5.22. The Bertz CT molecular complexity index is 470. The van der Waals surface area contributed by atoms with Crippen LogP contribution in [0.1, 0.15) is 26.2 Å². The molecule has 1 aliphatic heterocycles. The lowest BCUT2D eigenvalue weighted by Crippen LogP contribution is -2.67. The monoisotopic (exact) mass is 293 g/mol. The number of benzene rings is 1. The Morgan fingerprint density at radius 1 is 1.29 bits per heavy atom. The predicted molar refractivity (Wildman–Crippen MR) is 82.1 cm³/mol. The number of aliphatic hydroxyl groups is 1. The van der Waals surface area contributed by atoms with E-state index in [4.69, 9.17) is 9.47 Å². The number of para-hydroxylation sites is 2. The van der Waals surface area contributed by atoms with Crippen molar-refractivity contribution in [2.24, 2.45) is 0 Å². The zero-order valence-corrected chi connectivity index (χ0v) is 12.8. The normalized spacial score (nSPS) is 18.3. The van der Waals surface area contributed by atoms with Crippen molar-refractivity contribution in [3.63, 3.8) is 0 Å². The minimum Gasteiger partial charge on any atom is -0.490 e. The Labute approximate surface area is 126 Å². The van der Waals surface area contributed by atoms with Gasteiger partial charge in [0.05, 0.1) is 7.11 Å². The van der Waals surface area contributed by atoms with Crippen LogP contribution in [0, 0.1) is 0 Å². The highest BCUT2D eigenvalue weighted by atomic mass is 16.6. The van der Waals surface area contributed by atoms with E-state index in [2.05, 4.69) is 9.89 Å². The van der Waals surface area contributed by atoms with Gasteiger partial charge in [-0.1, -0.05) is 18.6 Å².